The van der Waals surface area contributed by atoms with Crippen molar-refractivity contribution in [1.29, 1.82) is 0 Å². The summed E-state index contributed by atoms with van der Waals surface area (Å²) in [5, 5.41) is 7.97. The van der Waals surface area contributed by atoms with Crippen LogP contribution < -0.4 is 20.7 Å². The fourth-order valence-corrected chi connectivity index (χ4v) is 2.71. The predicted molar refractivity (Wildman–Crippen MR) is 119 cm³/mol. The summed E-state index contributed by atoms with van der Waals surface area (Å²) < 4.78 is 10.8. The molecule has 0 radical (unpaired) electrons. The third kappa shape index (κ3) is 7.33. The van der Waals surface area contributed by atoms with E-state index >= 15 is 0 Å². The third-order valence-electron chi connectivity index (χ3n) is 4.35. The van der Waals surface area contributed by atoms with Crippen LogP contribution in [0.3, 0.4) is 0 Å². The zero-order valence-corrected chi connectivity index (χ0v) is 18.2. The summed E-state index contributed by atoms with van der Waals surface area (Å²) >= 11 is 0. The molecule has 0 aliphatic rings. The van der Waals surface area contributed by atoms with Gasteiger partial charge in [-0.3, -0.25) is 4.79 Å². The maximum atomic E-state index is 12.6. The summed E-state index contributed by atoms with van der Waals surface area (Å²) in [6, 6.07) is 14.4. The number of urea groups is 1. The van der Waals surface area contributed by atoms with Gasteiger partial charge in [-0.2, -0.15) is 0 Å². The van der Waals surface area contributed by atoms with Crippen molar-refractivity contribution in [3.63, 3.8) is 0 Å². The highest BCUT2D eigenvalue weighted by molar-refractivity contribution is 5.97. The van der Waals surface area contributed by atoms with Crippen LogP contribution in [0.2, 0.25) is 0 Å². The first kappa shape index (κ1) is 23.7. The van der Waals surface area contributed by atoms with E-state index in [9.17, 15) is 14.4 Å². The zero-order valence-electron chi connectivity index (χ0n) is 18.2. The van der Waals surface area contributed by atoms with Crippen LogP contribution in [-0.4, -0.2) is 36.7 Å². The Hall–Kier alpha value is -3.55. The van der Waals surface area contributed by atoms with E-state index in [0.717, 1.165) is 0 Å². The number of nitrogens with one attached hydrogen (secondary N) is 3. The molecule has 0 aliphatic heterocycles. The van der Waals surface area contributed by atoms with Crippen LogP contribution in [0.5, 0.6) is 5.75 Å². The van der Waals surface area contributed by atoms with E-state index in [4.69, 9.17) is 9.47 Å². The molecule has 166 valence electrons. The highest BCUT2D eigenvalue weighted by Crippen LogP contribution is 2.24. The molecule has 3 amide bonds. The number of benzene rings is 2. The quantitative estimate of drug-likeness (QED) is 0.528. The van der Waals surface area contributed by atoms with Crippen molar-refractivity contribution >= 4 is 29.3 Å². The lowest BCUT2D eigenvalue weighted by atomic mass is 10.0. The molecule has 0 bridgehead atoms. The third-order valence-corrected chi connectivity index (χ3v) is 4.35. The van der Waals surface area contributed by atoms with Gasteiger partial charge in [-0.25, -0.2) is 9.59 Å². The first-order valence-corrected chi connectivity index (χ1v) is 10.2. The smallest absolute Gasteiger partial charge is 0.329 e. The second-order valence-electron chi connectivity index (χ2n) is 7.18. The Morgan fingerprint density at radius 3 is 2.19 bits per heavy atom. The first-order valence-electron chi connectivity index (χ1n) is 10.2. The number of ether oxygens (including phenoxy) is 2. The van der Waals surface area contributed by atoms with Crippen LogP contribution in [0.15, 0.2) is 54.6 Å². The minimum absolute atomic E-state index is 0.247. The lowest BCUT2D eigenvalue weighted by Crippen LogP contribution is -2.48. The standard InChI is InChI=1S/C23H29N3O5/c1-5-30-19-14-10-9-13-18(19)25-21(27)16(4)31-22(28)20(15(2)3)26-23(29)24-17-11-7-6-8-12-17/h6-16,20H,5H2,1-4H3,(H,25,27)(H2,24,26,29)/t16-,20+/m0/s1. The Morgan fingerprint density at radius 1 is 0.903 bits per heavy atom. The van der Waals surface area contributed by atoms with Crippen molar-refractivity contribution in [3.8, 4) is 5.75 Å². The molecule has 31 heavy (non-hydrogen) atoms. The molecule has 0 heterocycles. The molecule has 0 aliphatic carbocycles. The Labute approximate surface area is 182 Å². The second-order valence-corrected chi connectivity index (χ2v) is 7.18. The maximum Gasteiger partial charge on any atom is 0.329 e. The van der Waals surface area contributed by atoms with Gasteiger partial charge in [0.15, 0.2) is 6.10 Å². The van der Waals surface area contributed by atoms with Crippen molar-refractivity contribution in [3.05, 3.63) is 54.6 Å². The fourth-order valence-electron chi connectivity index (χ4n) is 2.71. The Bertz CT molecular complexity index is 886. The summed E-state index contributed by atoms with van der Waals surface area (Å²) in [4.78, 5) is 37.4. The fraction of sp³-hybridized carbons (Fsp3) is 0.348. The molecular weight excluding hydrogens is 398 g/mol. The van der Waals surface area contributed by atoms with Crippen molar-refractivity contribution in [2.24, 2.45) is 5.92 Å². The zero-order chi connectivity index (χ0) is 22.8. The molecule has 0 fully saturated rings. The SMILES string of the molecule is CCOc1ccccc1NC(=O)[C@H](C)OC(=O)[C@H](NC(=O)Nc1ccccc1)C(C)C. The van der Waals surface area contributed by atoms with Crippen molar-refractivity contribution in [2.75, 3.05) is 17.2 Å². The molecule has 2 rings (SSSR count). The largest absolute Gasteiger partial charge is 0.492 e. The van der Waals surface area contributed by atoms with Gasteiger partial charge in [0.05, 0.1) is 12.3 Å². The van der Waals surface area contributed by atoms with Crippen molar-refractivity contribution in [2.45, 2.75) is 39.8 Å². The monoisotopic (exact) mass is 427 g/mol. The average molecular weight is 428 g/mol. The molecule has 0 aromatic heterocycles. The van der Waals surface area contributed by atoms with Crippen LogP contribution in [0.1, 0.15) is 27.7 Å². The van der Waals surface area contributed by atoms with E-state index in [0.29, 0.717) is 23.7 Å². The van der Waals surface area contributed by atoms with E-state index in [1.54, 1.807) is 62.4 Å². The molecular formula is C23H29N3O5. The van der Waals surface area contributed by atoms with Crippen molar-refractivity contribution in [1.82, 2.24) is 5.32 Å². The Balaban J connectivity index is 1.96. The topological polar surface area (TPSA) is 106 Å². The highest BCUT2D eigenvalue weighted by atomic mass is 16.5. The average Bonchev–Trinajstić information content (AvgIpc) is 2.74. The van der Waals surface area contributed by atoms with Gasteiger partial charge in [-0.05, 0) is 44.0 Å². The molecule has 0 spiro atoms. The van der Waals surface area contributed by atoms with Gasteiger partial charge in [0.2, 0.25) is 0 Å². The lowest BCUT2D eigenvalue weighted by Gasteiger charge is -2.23. The van der Waals surface area contributed by atoms with Crippen LogP contribution >= 0.6 is 0 Å². The number of hydrogen-bond donors (Lipinski definition) is 3. The summed E-state index contributed by atoms with van der Waals surface area (Å²) in [6.45, 7) is 7.31. The van der Waals surface area contributed by atoms with E-state index in [1.165, 1.54) is 6.92 Å². The van der Waals surface area contributed by atoms with Gasteiger partial charge in [0, 0.05) is 5.69 Å². The minimum atomic E-state index is -1.07. The van der Waals surface area contributed by atoms with Gasteiger partial charge < -0.3 is 25.4 Å². The lowest BCUT2D eigenvalue weighted by molar-refractivity contribution is -0.156. The van der Waals surface area contributed by atoms with Crippen LogP contribution in [-0.2, 0) is 14.3 Å². The summed E-state index contributed by atoms with van der Waals surface area (Å²) in [7, 11) is 0. The van der Waals surface area contributed by atoms with Gasteiger partial charge in [0.1, 0.15) is 11.8 Å². The predicted octanol–water partition coefficient (Wildman–Crippen LogP) is 3.80. The molecule has 3 N–H and O–H groups in total. The molecule has 2 atom stereocenters. The molecule has 2 aromatic carbocycles. The number of hydrogen-bond acceptors (Lipinski definition) is 5. The first-order chi connectivity index (χ1) is 14.8. The number of para-hydroxylation sites is 3. The van der Waals surface area contributed by atoms with E-state index in [1.807, 2.05) is 13.0 Å². The molecule has 2 aromatic rings. The number of rotatable bonds is 9. The van der Waals surface area contributed by atoms with Crippen LogP contribution in [0, 0.1) is 5.92 Å². The molecule has 8 heteroatoms. The second kappa shape index (κ2) is 11.6. The molecule has 0 unspecified atom stereocenters. The van der Waals surface area contributed by atoms with E-state index in [-0.39, 0.29) is 5.92 Å². The normalized spacial score (nSPS) is 12.4. The Morgan fingerprint density at radius 2 is 1.55 bits per heavy atom. The number of anilines is 2. The van der Waals surface area contributed by atoms with Gasteiger partial charge >= 0.3 is 12.0 Å². The molecule has 8 nitrogen and oxygen atoms in total. The summed E-state index contributed by atoms with van der Waals surface area (Å²) in [5.74, 6) is -0.921. The number of carbonyl (C=O) groups excluding carboxylic acids is 3. The molecule has 0 saturated heterocycles. The Kier molecular flexibility index (Phi) is 8.87. The molecule has 0 saturated carbocycles. The highest BCUT2D eigenvalue weighted by Gasteiger charge is 2.29. The van der Waals surface area contributed by atoms with Crippen LogP contribution in [0.4, 0.5) is 16.2 Å². The summed E-state index contributed by atoms with van der Waals surface area (Å²) in [6.07, 6.45) is -1.07. The minimum Gasteiger partial charge on any atom is -0.492 e. The van der Waals surface area contributed by atoms with E-state index < -0.39 is 30.1 Å². The van der Waals surface area contributed by atoms with Gasteiger partial charge in [-0.1, -0.05) is 44.2 Å². The number of carbonyl (C=O) groups is 3. The van der Waals surface area contributed by atoms with Crippen LogP contribution in [0.25, 0.3) is 0 Å². The number of esters is 1. The summed E-state index contributed by atoms with van der Waals surface area (Å²) in [5.41, 5.74) is 1.08. The van der Waals surface area contributed by atoms with E-state index in [2.05, 4.69) is 16.0 Å². The van der Waals surface area contributed by atoms with Crippen molar-refractivity contribution < 1.29 is 23.9 Å². The van der Waals surface area contributed by atoms with Gasteiger partial charge in [-0.15, -0.1) is 0 Å². The number of amides is 3. The van der Waals surface area contributed by atoms with Gasteiger partial charge in [0.25, 0.3) is 5.91 Å². The maximum absolute atomic E-state index is 12.6.